The lowest BCUT2D eigenvalue weighted by Crippen LogP contribution is -2.25. The number of halogens is 1. The first-order chi connectivity index (χ1) is 4.33. The van der Waals surface area contributed by atoms with Gasteiger partial charge in [-0.15, -0.1) is 12.4 Å². The van der Waals surface area contributed by atoms with Crippen molar-refractivity contribution in [3.05, 3.63) is 0 Å². The zero-order chi connectivity index (χ0) is 6.69. The van der Waals surface area contributed by atoms with E-state index in [9.17, 15) is 0 Å². The Kier molecular flexibility index (Phi) is 4.42. The van der Waals surface area contributed by atoms with Gasteiger partial charge in [-0.05, 0) is 25.7 Å². The summed E-state index contributed by atoms with van der Waals surface area (Å²) in [5.74, 6) is 0.296. The van der Waals surface area contributed by atoms with Crippen LogP contribution < -0.4 is 5.73 Å². The molecule has 1 aliphatic carbocycles. The fourth-order valence-electron chi connectivity index (χ4n) is 1.25. The summed E-state index contributed by atoms with van der Waals surface area (Å²) in [6.45, 7) is 0. The predicted molar refractivity (Wildman–Crippen MR) is 42.8 cm³/mol. The standard InChI is InChI=1S/C7H12N2.ClH/c8-5-6-1-3-7(9)4-2-6;/h6-7H,1-4,9H2;1H. The molecule has 1 rings (SSSR count). The maximum absolute atomic E-state index is 8.49. The Morgan fingerprint density at radius 1 is 1.20 bits per heavy atom. The van der Waals surface area contributed by atoms with Gasteiger partial charge in [-0.3, -0.25) is 0 Å². The van der Waals surface area contributed by atoms with Crippen LogP contribution in [-0.4, -0.2) is 6.04 Å². The number of hydrogen-bond donors (Lipinski definition) is 1. The van der Waals surface area contributed by atoms with Crippen molar-refractivity contribution in [2.45, 2.75) is 31.7 Å². The maximum Gasteiger partial charge on any atom is 0.0655 e. The largest absolute Gasteiger partial charge is 0.328 e. The Hall–Kier alpha value is -0.260. The molecule has 10 heavy (non-hydrogen) atoms. The molecule has 2 nitrogen and oxygen atoms in total. The second-order valence-electron chi connectivity index (χ2n) is 2.74. The maximum atomic E-state index is 8.49. The first-order valence-corrected chi connectivity index (χ1v) is 3.48. The number of nitrogens with two attached hydrogens (primary N) is 1. The lowest BCUT2D eigenvalue weighted by molar-refractivity contribution is 0.381. The van der Waals surface area contributed by atoms with E-state index in [-0.39, 0.29) is 12.4 Å². The third-order valence-corrected chi connectivity index (χ3v) is 1.95. The molecule has 58 valence electrons. The molecule has 0 amide bonds. The molecule has 0 spiro atoms. The molecule has 3 heteroatoms. The molecule has 0 heterocycles. The van der Waals surface area contributed by atoms with Crippen molar-refractivity contribution in [3.8, 4) is 6.07 Å². The molecule has 0 atom stereocenters. The summed E-state index contributed by atoms with van der Waals surface area (Å²) < 4.78 is 0. The van der Waals surface area contributed by atoms with Gasteiger partial charge in [0.15, 0.2) is 0 Å². The molecule has 0 aliphatic heterocycles. The van der Waals surface area contributed by atoms with Crippen LogP contribution in [0.5, 0.6) is 0 Å². The Bertz CT molecular complexity index is 122. The van der Waals surface area contributed by atoms with Crippen molar-refractivity contribution in [1.82, 2.24) is 0 Å². The van der Waals surface area contributed by atoms with E-state index in [1.54, 1.807) is 0 Å². The normalized spacial score (nSPS) is 32.0. The summed E-state index contributed by atoms with van der Waals surface area (Å²) in [5.41, 5.74) is 5.64. The van der Waals surface area contributed by atoms with Gasteiger partial charge in [0.25, 0.3) is 0 Å². The summed E-state index contributed by atoms with van der Waals surface area (Å²) in [4.78, 5) is 0. The van der Waals surface area contributed by atoms with Gasteiger partial charge in [-0.2, -0.15) is 5.26 Å². The second kappa shape index (κ2) is 4.54. The molecule has 0 aromatic rings. The number of nitrogens with zero attached hydrogens (tertiary/aromatic N) is 1. The van der Waals surface area contributed by atoms with Gasteiger partial charge in [-0.25, -0.2) is 0 Å². The fourth-order valence-corrected chi connectivity index (χ4v) is 1.25. The van der Waals surface area contributed by atoms with Crippen molar-refractivity contribution < 1.29 is 0 Å². The Morgan fingerprint density at radius 2 is 1.70 bits per heavy atom. The molecular formula is C7H13ClN2. The number of hydrogen-bond acceptors (Lipinski definition) is 2. The summed E-state index contributed by atoms with van der Waals surface area (Å²) in [7, 11) is 0. The van der Waals surface area contributed by atoms with E-state index in [1.807, 2.05) is 0 Å². The van der Waals surface area contributed by atoms with Gasteiger partial charge < -0.3 is 5.73 Å². The minimum absolute atomic E-state index is 0. The van der Waals surface area contributed by atoms with Gasteiger partial charge >= 0.3 is 0 Å². The molecule has 1 fully saturated rings. The topological polar surface area (TPSA) is 49.8 Å². The second-order valence-corrected chi connectivity index (χ2v) is 2.74. The highest BCUT2D eigenvalue weighted by atomic mass is 35.5. The van der Waals surface area contributed by atoms with E-state index in [2.05, 4.69) is 6.07 Å². The SMILES string of the molecule is Cl.N#CC1CCC(N)CC1. The third kappa shape index (κ3) is 2.55. The van der Waals surface area contributed by atoms with E-state index < -0.39 is 0 Å². The minimum atomic E-state index is 0. The average molecular weight is 161 g/mol. The molecule has 0 radical (unpaired) electrons. The molecule has 1 aliphatic rings. The lowest BCUT2D eigenvalue weighted by Gasteiger charge is -2.20. The van der Waals surface area contributed by atoms with Gasteiger partial charge in [0, 0.05) is 12.0 Å². The fraction of sp³-hybridized carbons (Fsp3) is 0.857. The first-order valence-electron chi connectivity index (χ1n) is 3.48. The number of nitriles is 1. The molecule has 0 aromatic carbocycles. The summed E-state index contributed by atoms with van der Waals surface area (Å²) in [6.07, 6.45) is 4.10. The quantitative estimate of drug-likeness (QED) is 0.583. The molecule has 0 saturated heterocycles. The smallest absolute Gasteiger partial charge is 0.0655 e. The van der Waals surface area contributed by atoms with Crippen LogP contribution in [0.15, 0.2) is 0 Å². The molecular weight excluding hydrogens is 148 g/mol. The molecule has 0 unspecified atom stereocenters. The van der Waals surface area contributed by atoms with Crippen LogP contribution in [0.4, 0.5) is 0 Å². The van der Waals surface area contributed by atoms with Crippen molar-refractivity contribution in [3.63, 3.8) is 0 Å². The van der Waals surface area contributed by atoms with Gasteiger partial charge in [0.1, 0.15) is 0 Å². The van der Waals surface area contributed by atoms with E-state index in [0.717, 1.165) is 25.7 Å². The molecule has 1 saturated carbocycles. The molecule has 2 N–H and O–H groups in total. The van der Waals surface area contributed by atoms with E-state index >= 15 is 0 Å². The van der Waals surface area contributed by atoms with E-state index in [4.69, 9.17) is 11.0 Å². The highest BCUT2D eigenvalue weighted by Gasteiger charge is 2.16. The van der Waals surface area contributed by atoms with Crippen LogP contribution in [0.25, 0.3) is 0 Å². The monoisotopic (exact) mass is 160 g/mol. The zero-order valence-corrected chi connectivity index (χ0v) is 6.73. The Labute approximate surface area is 67.8 Å². The number of rotatable bonds is 0. The molecule has 0 bridgehead atoms. The van der Waals surface area contributed by atoms with Gasteiger partial charge in [-0.1, -0.05) is 0 Å². The Morgan fingerprint density at radius 3 is 2.10 bits per heavy atom. The van der Waals surface area contributed by atoms with Crippen molar-refractivity contribution in [2.75, 3.05) is 0 Å². The lowest BCUT2D eigenvalue weighted by atomic mass is 9.88. The van der Waals surface area contributed by atoms with Crippen LogP contribution in [0.1, 0.15) is 25.7 Å². The van der Waals surface area contributed by atoms with Crippen molar-refractivity contribution >= 4 is 12.4 Å². The van der Waals surface area contributed by atoms with E-state index in [0.29, 0.717) is 12.0 Å². The predicted octanol–water partition coefficient (Wildman–Crippen LogP) is 1.45. The highest BCUT2D eigenvalue weighted by Crippen LogP contribution is 2.21. The van der Waals surface area contributed by atoms with Crippen LogP contribution in [0, 0.1) is 17.2 Å². The van der Waals surface area contributed by atoms with Crippen LogP contribution in [0.3, 0.4) is 0 Å². The zero-order valence-electron chi connectivity index (χ0n) is 5.92. The van der Waals surface area contributed by atoms with E-state index in [1.165, 1.54) is 0 Å². The average Bonchev–Trinajstić information content (AvgIpc) is 1.90. The van der Waals surface area contributed by atoms with Crippen LogP contribution in [0.2, 0.25) is 0 Å². The van der Waals surface area contributed by atoms with Crippen LogP contribution >= 0.6 is 12.4 Å². The summed E-state index contributed by atoms with van der Waals surface area (Å²) in [6, 6.07) is 2.64. The summed E-state index contributed by atoms with van der Waals surface area (Å²) >= 11 is 0. The minimum Gasteiger partial charge on any atom is -0.328 e. The van der Waals surface area contributed by atoms with Gasteiger partial charge in [0.2, 0.25) is 0 Å². The third-order valence-electron chi connectivity index (χ3n) is 1.95. The molecule has 0 aromatic heterocycles. The highest BCUT2D eigenvalue weighted by molar-refractivity contribution is 5.85. The van der Waals surface area contributed by atoms with Gasteiger partial charge in [0.05, 0.1) is 6.07 Å². The van der Waals surface area contributed by atoms with Crippen LogP contribution in [-0.2, 0) is 0 Å². The van der Waals surface area contributed by atoms with Crippen molar-refractivity contribution in [2.24, 2.45) is 11.7 Å². The van der Waals surface area contributed by atoms with Crippen molar-refractivity contribution in [1.29, 1.82) is 5.26 Å². The summed E-state index contributed by atoms with van der Waals surface area (Å²) in [5, 5.41) is 8.49. The Balaban J connectivity index is 0.000000810. The first kappa shape index (κ1) is 9.74.